The Morgan fingerprint density at radius 1 is 1.16 bits per heavy atom. The summed E-state index contributed by atoms with van der Waals surface area (Å²) in [5.74, 6) is 0.936. The number of nitro benzene ring substituents is 1. The molecule has 1 N–H and O–H groups in total. The molecular weight excluding hydrogens is 392 g/mol. The van der Waals surface area contributed by atoms with Gasteiger partial charge in [0.25, 0.3) is 5.69 Å². The summed E-state index contributed by atoms with van der Waals surface area (Å²) in [5.41, 5.74) is 3.65. The van der Waals surface area contributed by atoms with Gasteiger partial charge in [-0.15, -0.1) is 0 Å². The molecule has 2 heterocycles. The Morgan fingerprint density at radius 2 is 2.06 bits per heavy atom. The van der Waals surface area contributed by atoms with Crippen LogP contribution in [0.1, 0.15) is 45.6 Å². The predicted molar refractivity (Wildman–Crippen MR) is 118 cm³/mol. The fourth-order valence-electron chi connectivity index (χ4n) is 4.55. The number of ketones is 1. The Morgan fingerprint density at radius 3 is 2.87 bits per heavy atom. The predicted octanol–water partition coefficient (Wildman–Crippen LogP) is 5.91. The van der Waals surface area contributed by atoms with Gasteiger partial charge in [0.1, 0.15) is 5.76 Å². The van der Waals surface area contributed by atoms with Crippen LogP contribution in [0.5, 0.6) is 0 Å². The largest absolute Gasteiger partial charge is 0.465 e. The highest BCUT2D eigenvalue weighted by molar-refractivity contribution is 6.07. The molecule has 5 rings (SSSR count). The number of rotatable bonds is 5. The van der Waals surface area contributed by atoms with Crippen LogP contribution in [0.4, 0.5) is 11.4 Å². The third-order valence-corrected chi connectivity index (χ3v) is 6.03. The number of nitro groups is 1. The lowest BCUT2D eigenvalue weighted by atomic mass is 9.76. The van der Waals surface area contributed by atoms with Gasteiger partial charge in [0, 0.05) is 29.3 Å². The smallest absolute Gasteiger partial charge is 0.269 e. The van der Waals surface area contributed by atoms with E-state index in [1.165, 1.54) is 12.1 Å². The van der Waals surface area contributed by atoms with Gasteiger partial charge in [-0.05, 0) is 65.9 Å². The van der Waals surface area contributed by atoms with Crippen LogP contribution in [0.2, 0.25) is 0 Å². The van der Waals surface area contributed by atoms with Gasteiger partial charge in [0.2, 0.25) is 0 Å². The molecular formula is C25H20N2O4. The van der Waals surface area contributed by atoms with Crippen LogP contribution in [0.3, 0.4) is 0 Å². The molecule has 6 nitrogen and oxygen atoms in total. The molecule has 2 aliphatic rings. The zero-order chi connectivity index (χ0) is 21.4. The quantitative estimate of drug-likeness (QED) is 0.185. The lowest BCUT2D eigenvalue weighted by Crippen LogP contribution is -2.29. The minimum atomic E-state index is -0.362. The zero-order valence-corrected chi connectivity index (χ0v) is 16.6. The summed E-state index contributed by atoms with van der Waals surface area (Å²) in [6.45, 7) is 0. The molecule has 0 fully saturated rings. The maximum Gasteiger partial charge on any atom is 0.269 e. The number of fused-ring (bicyclic) bond motifs is 3. The summed E-state index contributed by atoms with van der Waals surface area (Å²) in [4.78, 5) is 23.5. The van der Waals surface area contributed by atoms with Crippen molar-refractivity contribution in [3.63, 3.8) is 0 Å². The fraction of sp³-hybridized carbons (Fsp3) is 0.160. The Balaban J connectivity index is 1.46. The van der Waals surface area contributed by atoms with E-state index < -0.39 is 0 Å². The van der Waals surface area contributed by atoms with Gasteiger partial charge < -0.3 is 9.73 Å². The molecule has 3 atom stereocenters. The van der Waals surface area contributed by atoms with E-state index >= 15 is 0 Å². The standard InChI is InChI=1S/C25H20N2O4/c28-24(12-10-19-6-3-13-31-19)16-9-11-23-22(15-16)20-7-2-8-21(20)25(26-23)17-4-1-5-18(14-17)27(29)30/h1-7,9-15,20-21,25-26H,8H2/b12-10+/t20-,21-,25+/m0/s1. The molecule has 1 aliphatic carbocycles. The second-order valence-electron chi connectivity index (χ2n) is 7.84. The number of allylic oxidation sites excluding steroid dienone is 3. The number of furan rings is 1. The van der Waals surface area contributed by atoms with Crippen LogP contribution in [-0.4, -0.2) is 10.7 Å². The number of anilines is 1. The van der Waals surface area contributed by atoms with Crippen molar-refractivity contribution in [2.75, 3.05) is 5.32 Å². The van der Waals surface area contributed by atoms with E-state index in [2.05, 4.69) is 17.5 Å². The molecule has 0 unspecified atom stereocenters. The van der Waals surface area contributed by atoms with Crippen LogP contribution in [0.15, 0.2) is 83.5 Å². The SMILES string of the molecule is O=C(/C=C/c1ccco1)c1ccc2c(c1)[C@H]1C=CC[C@@H]1[C@@H](c1cccc([N+](=O)[O-])c1)N2. The molecule has 6 heteroatoms. The van der Waals surface area contributed by atoms with Crippen molar-refractivity contribution in [1.82, 2.24) is 0 Å². The van der Waals surface area contributed by atoms with Gasteiger partial charge in [-0.3, -0.25) is 14.9 Å². The topological polar surface area (TPSA) is 85.4 Å². The number of nitrogens with zero attached hydrogens (tertiary/aromatic N) is 1. The van der Waals surface area contributed by atoms with E-state index in [0.29, 0.717) is 11.3 Å². The van der Waals surface area contributed by atoms with Crippen molar-refractivity contribution in [2.24, 2.45) is 5.92 Å². The Hall–Kier alpha value is -3.93. The van der Waals surface area contributed by atoms with Crippen LogP contribution in [-0.2, 0) is 0 Å². The number of benzene rings is 2. The third kappa shape index (κ3) is 3.57. The maximum atomic E-state index is 12.7. The molecule has 3 aromatic rings. The number of hydrogen-bond donors (Lipinski definition) is 1. The van der Waals surface area contributed by atoms with Crippen molar-refractivity contribution in [1.29, 1.82) is 0 Å². The van der Waals surface area contributed by atoms with E-state index in [1.807, 2.05) is 24.3 Å². The van der Waals surface area contributed by atoms with E-state index in [1.54, 1.807) is 36.6 Å². The highest BCUT2D eigenvalue weighted by Crippen LogP contribution is 2.50. The minimum absolute atomic E-state index is 0.0344. The molecule has 0 bridgehead atoms. The second kappa shape index (κ2) is 7.72. The lowest BCUT2D eigenvalue weighted by molar-refractivity contribution is -0.384. The first-order valence-electron chi connectivity index (χ1n) is 10.2. The summed E-state index contributed by atoms with van der Waals surface area (Å²) in [5, 5.41) is 14.8. The average molecular weight is 412 g/mol. The lowest BCUT2D eigenvalue weighted by Gasteiger charge is -2.37. The van der Waals surface area contributed by atoms with Gasteiger partial charge in [0.05, 0.1) is 17.2 Å². The maximum absolute atomic E-state index is 12.7. The van der Waals surface area contributed by atoms with Crippen molar-refractivity contribution < 1.29 is 14.1 Å². The first-order chi connectivity index (χ1) is 15.1. The molecule has 0 saturated heterocycles. The fourth-order valence-corrected chi connectivity index (χ4v) is 4.55. The normalized spacial score (nSPS) is 21.5. The van der Waals surface area contributed by atoms with Gasteiger partial charge in [-0.2, -0.15) is 0 Å². The second-order valence-corrected chi connectivity index (χ2v) is 7.84. The Labute approximate surface area is 179 Å². The molecule has 1 aromatic heterocycles. The average Bonchev–Trinajstić information content (AvgIpc) is 3.49. The van der Waals surface area contributed by atoms with Crippen LogP contribution >= 0.6 is 0 Å². The molecule has 0 spiro atoms. The summed E-state index contributed by atoms with van der Waals surface area (Å²) in [7, 11) is 0. The van der Waals surface area contributed by atoms with Gasteiger partial charge in [-0.25, -0.2) is 0 Å². The highest BCUT2D eigenvalue weighted by Gasteiger charge is 2.38. The molecule has 154 valence electrons. The molecule has 2 aromatic carbocycles. The van der Waals surface area contributed by atoms with E-state index in [9.17, 15) is 14.9 Å². The Bertz CT molecular complexity index is 1210. The number of carbonyl (C=O) groups excluding carboxylic acids is 1. The van der Waals surface area contributed by atoms with E-state index in [0.717, 1.165) is 23.2 Å². The highest BCUT2D eigenvalue weighted by atomic mass is 16.6. The van der Waals surface area contributed by atoms with E-state index in [4.69, 9.17) is 4.42 Å². The number of nitrogens with one attached hydrogen (secondary N) is 1. The van der Waals surface area contributed by atoms with Crippen molar-refractivity contribution in [3.05, 3.63) is 112 Å². The van der Waals surface area contributed by atoms with Crippen molar-refractivity contribution >= 4 is 23.2 Å². The third-order valence-electron chi connectivity index (χ3n) is 6.03. The molecule has 0 amide bonds. The zero-order valence-electron chi connectivity index (χ0n) is 16.6. The van der Waals surface area contributed by atoms with Gasteiger partial charge in [0.15, 0.2) is 5.78 Å². The summed E-state index contributed by atoms with van der Waals surface area (Å²) in [6, 6.07) is 16.1. The van der Waals surface area contributed by atoms with Gasteiger partial charge >= 0.3 is 0 Å². The van der Waals surface area contributed by atoms with Crippen molar-refractivity contribution in [3.8, 4) is 0 Å². The van der Waals surface area contributed by atoms with Gasteiger partial charge in [-0.1, -0.05) is 24.3 Å². The van der Waals surface area contributed by atoms with Crippen LogP contribution in [0, 0.1) is 16.0 Å². The first kappa shape index (κ1) is 19.1. The van der Waals surface area contributed by atoms with E-state index in [-0.39, 0.29) is 34.3 Å². The first-order valence-corrected chi connectivity index (χ1v) is 10.2. The number of non-ortho nitro benzene ring substituents is 1. The number of carbonyl (C=O) groups is 1. The minimum Gasteiger partial charge on any atom is -0.465 e. The summed E-state index contributed by atoms with van der Waals surface area (Å²) in [6.07, 6.45) is 9.96. The van der Waals surface area contributed by atoms with Crippen LogP contribution in [0.25, 0.3) is 6.08 Å². The molecule has 0 radical (unpaired) electrons. The molecule has 31 heavy (non-hydrogen) atoms. The monoisotopic (exact) mass is 412 g/mol. The summed E-state index contributed by atoms with van der Waals surface area (Å²) >= 11 is 0. The number of hydrogen-bond acceptors (Lipinski definition) is 5. The van der Waals surface area contributed by atoms with Crippen molar-refractivity contribution in [2.45, 2.75) is 18.4 Å². The summed E-state index contributed by atoms with van der Waals surface area (Å²) < 4.78 is 5.24. The molecule has 1 aliphatic heterocycles. The van der Waals surface area contributed by atoms with Crippen LogP contribution < -0.4 is 5.32 Å². The Kier molecular flexibility index (Phi) is 4.75. The molecule has 0 saturated carbocycles.